The van der Waals surface area contributed by atoms with Gasteiger partial charge < -0.3 is 23.9 Å². The van der Waals surface area contributed by atoms with Crippen molar-refractivity contribution in [2.45, 2.75) is 37.0 Å². The van der Waals surface area contributed by atoms with E-state index in [0.717, 1.165) is 5.56 Å². The van der Waals surface area contributed by atoms with Crippen molar-refractivity contribution in [1.82, 2.24) is 9.62 Å². The van der Waals surface area contributed by atoms with Gasteiger partial charge in [0.1, 0.15) is 11.3 Å². The van der Waals surface area contributed by atoms with Crippen LogP contribution in [0.3, 0.4) is 0 Å². The predicted molar refractivity (Wildman–Crippen MR) is 128 cm³/mol. The SMILES string of the molecule is COc1ccccc1CNC(=O)c1oc2ccc(S(=O)(=O)N3CCC4(CC3)OCCO4)cc2c1C. The van der Waals surface area contributed by atoms with Gasteiger partial charge in [-0.2, -0.15) is 4.31 Å². The Morgan fingerprint density at radius 2 is 1.83 bits per heavy atom. The van der Waals surface area contributed by atoms with Crippen LogP contribution in [0, 0.1) is 6.92 Å². The van der Waals surface area contributed by atoms with Crippen molar-refractivity contribution in [3.8, 4) is 5.75 Å². The lowest BCUT2D eigenvalue weighted by molar-refractivity contribution is -0.179. The van der Waals surface area contributed by atoms with Crippen LogP contribution in [0.5, 0.6) is 5.75 Å². The third-order valence-electron chi connectivity index (χ3n) is 6.68. The molecule has 0 saturated carbocycles. The van der Waals surface area contributed by atoms with Gasteiger partial charge in [0.2, 0.25) is 10.0 Å². The summed E-state index contributed by atoms with van der Waals surface area (Å²) in [6.45, 7) is 3.74. The fourth-order valence-electron chi connectivity index (χ4n) is 4.68. The number of nitrogens with one attached hydrogen (secondary N) is 1. The minimum atomic E-state index is -3.72. The first-order valence-electron chi connectivity index (χ1n) is 11.5. The highest BCUT2D eigenvalue weighted by Gasteiger charge is 2.42. The topological polar surface area (TPSA) is 107 Å². The molecule has 35 heavy (non-hydrogen) atoms. The molecule has 3 aromatic rings. The second kappa shape index (κ2) is 9.27. The molecular formula is C25H28N2O7S. The Balaban J connectivity index is 1.34. The quantitative estimate of drug-likeness (QED) is 0.554. The number of benzene rings is 2. The number of carbonyl (C=O) groups is 1. The lowest BCUT2D eigenvalue weighted by atomic mass is 10.1. The fraction of sp³-hybridized carbons (Fsp3) is 0.400. The van der Waals surface area contributed by atoms with Crippen molar-refractivity contribution in [2.75, 3.05) is 33.4 Å². The molecule has 1 spiro atoms. The van der Waals surface area contributed by atoms with Crippen LogP contribution < -0.4 is 10.1 Å². The number of furan rings is 1. The molecule has 186 valence electrons. The largest absolute Gasteiger partial charge is 0.496 e. The van der Waals surface area contributed by atoms with E-state index in [1.165, 1.54) is 10.4 Å². The van der Waals surface area contributed by atoms with E-state index in [0.29, 0.717) is 61.4 Å². The molecule has 2 aliphatic heterocycles. The summed E-state index contributed by atoms with van der Waals surface area (Å²) in [6.07, 6.45) is 0.992. The van der Waals surface area contributed by atoms with Gasteiger partial charge in [-0.15, -0.1) is 0 Å². The van der Waals surface area contributed by atoms with Crippen LogP contribution in [0.1, 0.15) is 34.5 Å². The molecule has 9 nitrogen and oxygen atoms in total. The average molecular weight is 501 g/mol. The van der Waals surface area contributed by atoms with E-state index in [4.69, 9.17) is 18.6 Å². The minimum Gasteiger partial charge on any atom is -0.496 e. The normalized spacial score (nSPS) is 18.2. The highest BCUT2D eigenvalue weighted by molar-refractivity contribution is 7.89. The van der Waals surface area contributed by atoms with E-state index < -0.39 is 15.8 Å². The van der Waals surface area contributed by atoms with Crippen molar-refractivity contribution in [3.05, 3.63) is 59.4 Å². The van der Waals surface area contributed by atoms with E-state index in [1.54, 1.807) is 26.2 Å². The van der Waals surface area contributed by atoms with Crippen LogP contribution in [0.4, 0.5) is 0 Å². The number of piperidine rings is 1. The molecule has 0 unspecified atom stereocenters. The number of sulfonamides is 1. The van der Waals surface area contributed by atoms with Gasteiger partial charge in [-0.1, -0.05) is 18.2 Å². The highest BCUT2D eigenvalue weighted by Crippen LogP contribution is 2.34. The highest BCUT2D eigenvalue weighted by atomic mass is 32.2. The van der Waals surface area contributed by atoms with Gasteiger partial charge in [0.05, 0.1) is 25.2 Å². The molecule has 5 rings (SSSR count). The van der Waals surface area contributed by atoms with Gasteiger partial charge in [-0.3, -0.25) is 4.79 Å². The summed E-state index contributed by atoms with van der Waals surface area (Å²) >= 11 is 0. The van der Waals surface area contributed by atoms with Crippen molar-refractivity contribution >= 4 is 26.9 Å². The summed E-state index contributed by atoms with van der Waals surface area (Å²) < 4.78 is 50.7. The van der Waals surface area contributed by atoms with Gasteiger partial charge >= 0.3 is 0 Å². The zero-order valence-corrected chi connectivity index (χ0v) is 20.5. The molecule has 0 atom stereocenters. The molecule has 1 N–H and O–H groups in total. The van der Waals surface area contributed by atoms with Crippen LogP contribution in [0.2, 0.25) is 0 Å². The van der Waals surface area contributed by atoms with Gasteiger partial charge in [0, 0.05) is 49.0 Å². The number of methoxy groups -OCH3 is 1. The molecule has 2 aromatic carbocycles. The van der Waals surface area contributed by atoms with Crippen LogP contribution in [0.25, 0.3) is 11.0 Å². The Labute approximate surface area is 204 Å². The number of amides is 1. The van der Waals surface area contributed by atoms with E-state index in [2.05, 4.69) is 5.32 Å². The van der Waals surface area contributed by atoms with E-state index in [-0.39, 0.29) is 23.1 Å². The minimum absolute atomic E-state index is 0.153. The standard InChI is InChI=1S/C25H28N2O7S/c1-17-20-15-19(35(29,30)27-11-9-25(10-12-27)32-13-14-33-25)7-8-22(20)34-23(17)24(28)26-16-18-5-3-4-6-21(18)31-2/h3-8,15H,9-14,16H2,1-2H3,(H,26,28). The molecule has 0 bridgehead atoms. The monoisotopic (exact) mass is 500 g/mol. The number of carbonyl (C=O) groups excluding carboxylic acids is 1. The Morgan fingerprint density at radius 1 is 1.11 bits per heavy atom. The van der Waals surface area contributed by atoms with Crippen molar-refractivity contribution in [1.29, 1.82) is 0 Å². The third kappa shape index (κ3) is 4.42. The maximum atomic E-state index is 13.3. The zero-order valence-electron chi connectivity index (χ0n) is 19.7. The van der Waals surface area contributed by atoms with Gasteiger partial charge in [-0.05, 0) is 31.2 Å². The van der Waals surface area contributed by atoms with Crippen LogP contribution in [0.15, 0.2) is 51.8 Å². The molecule has 1 aromatic heterocycles. The second-order valence-corrected chi connectivity index (χ2v) is 10.7. The number of fused-ring (bicyclic) bond motifs is 1. The molecule has 1 amide bonds. The van der Waals surface area contributed by atoms with Crippen LogP contribution in [-0.2, 0) is 26.0 Å². The van der Waals surface area contributed by atoms with Gasteiger partial charge in [0.15, 0.2) is 11.5 Å². The number of aryl methyl sites for hydroxylation is 1. The average Bonchev–Trinajstić information content (AvgIpc) is 3.47. The molecule has 2 aliphatic rings. The Hall–Kier alpha value is -2.92. The molecule has 0 aliphatic carbocycles. The van der Waals surface area contributed by atoms with Crippen molar-refractivity contribution < 1.29 is 31.8 Å². The van der Waals surface area contributed by atoms with E-state index >= 15 is 0 Å². The summed E-state index contributed by atoms with van der Waals surface area (Å²) in [5, 5.41) is 3.44. The fourth-order valence-corrected chi connectivity index (χ4v) is 6.15. The second-order valence-electron chi connectivity index (χ2n) is 8.72. The number of hydrogen-bond donors (Lipinski definition) is 1. The number of hydrogen-bond acceptors (Lipinski definition) is 7. The van der Waals surface area contributed by atoms with Crippen LogP contribution >= 0.6 is 0 Å². The Morgan fingerprint density at radius 3 is 2.54 bits per heavy atom. The molecule has 0 radical (unpaired) electrons. The molecule has 2 fully saturated rings. The molecule has 2 saturated heterocycles. The molecule has 3 heterocycles. The first-order valence-corrected chi connectivity index (χ1v) is 13.0. The van der Waals surface area contributed by atoms with Gasteiger partial charge in [-0.25, -0.2) is 8.42 Å². The van der Waals surface area contributed by atoms with Gasteiger partial charge in [0.25, 0.3) is 5.91 Å². The maximum Gasteiger partial charge on any atom is 0.287 e. The third-order valence-corrected chi connectivity index (χ3v) is 8.58. The van der Waals surface area contributed by atoms with E-state index in [9.17, 15) is 13.2 Å². The summed E-state index contributed by atoms with van der Waals surface area (Å²) in [5.74, 6) is -0.200. The lowest BCUT2D eigenvalue weighted by Gasteiger charge is -2.36. The summed E-state index contributed by atoms with van der Waals surface area (Å²) in [4.78, 5) is 13.0. The smallest absolute Gasteiger partial charge is 0.287 e. The number of nitrogens with zero attached hydrogens (tertiary/aromatic N) is 1. The molecule has 10 heteroatoms. The van der Waals surface area contributed by atoms with Crippen molar-refractivity contribution in [2.24, 2.45) is 0 Å². The van der Waals surface area contributed by atoms with Crippen molar-refractivity contribution in [3.63, 3.8) is 0 Å². The maximum absolute atomic E-state index is 13.3. The summed E-state index contributed by atoms with van der Waals surface area (Å²) in [5.41, 5.74) is 1.87. The number of rotatable bonds is 6. The number of ether oxygens (including phenoxy) is 3. The van der Waals surface area contributed by atoms with Crippen LogP contribution in [-0.4, -0.2) is 57.8 Å². The first-order chi connectivity index (χ1) is 16.8. The Bertz CT molecular complexity index is 1350. The predicted octanol–water partition coefficient (Wildman–Crippen LogP) is 3.21. The number of para-hydroxylation sites is 1. The molecular weight excluding hydrogens is 472 g/mol. The summed E-state index contributed by atoms with van der Waals surface area (Å²) in [7, 11) is -2.14. The first kappa shape index (κ1) is 23.8. The van der Waals surface area contributed by atoms with E-state index in [1.807, 2.05) is 24.3 Å². The zero-order chi connectivity index (χ0) is 24.6. The Kier molecular flexibility index (Phi) is 6.30. The lowest BCUT2D eigenvalue weighted by Crippen LogP contribution is -2.47. The summed E-state index contributed by atoms with van der Waals surface area (Å²) in [6, 6.07) is 12.1.